The highest BCUT2D eigenvalue weighted by Crippen LogP contribution is 2.28. The molecule has 1 unspecified atom stereocenters. The molecule has 148 valence electrons. The van der Waals surface area contributed by atoms with Crippen LogP contribution in [-0.4, -0.2) is 28.8 Å². The van der Waals surface area contributed by atoms with Crippen LogP contribution in [0.1, 0.15) is 24.0 Å². The summed E-state index contributed by atoms with van der Waals surface area (Å²) in [6, 6.07) is 13.0. The van der Waals surface area contributed by atoms with Crippen LogP contribution in [-0.2, 0) is 17.9 Å². The molecule has 8 heteroatoms. The number of likely N-dealkylation sites (tertiary alicyclic amines) is 1. The predicted molar refractivity (Wildman–Crippen MR) is 112 cm³/mol. The highest BCUT2D eigenvalue weighted by molar-refractivity contribution is 9.10. The van der Waals surface area contributed by atoms with Gasteiger partial charge >= 0.3 is 0 Å². The second kappa shape index (κ2) is 9.16. The number of carbonyl (C=O) groups excluding carboxylic acids is 1. The summed E-state index contributed by atoms with van der Waals surface area (Å²) in [5.74, 6) is -0.297. The number of amides is 1. The molecule has 1 amide bonds. The molecule has 0 saturated carbocycles. The average molecular weight is 447 g/mol. The van der Waals surface area contributed by atoms with Crippen LogP contribution in [0, 0.1) is 16.0 Å². The lowest BCUT2D eigenvalue weighted by Gasteiger charge is -2.31. The molecular formula is C20H23BrN4O3. The minimum atomic E-state index is -0.392. The van der Waals surface area contributed by atoms with Crippen LogP contribution in [0.25, 0.3) is 0 Å². The van der Waals surface area contributed by atoms with E-state index in [0.717, 1.165) is 41.5 Å². The Balaban J connectivity index is 1.65. The van der Waals surface area contributed by atoms with Crippen LogP contribution in [0.2, 0.25) is 0 Å². The van der Waals surface area contributed by atoms with E-state index in [1.807, 2.05) is 12.1 Å². The van der Waals surface area contributed by atoms with Crippen LogP contribution in [0.3, 0.4) is 0 Å². The van der Waals surface area contributed by atoms with E-state index in [0.29, 0.717) is 18.8 Å². The third-order valence-corrected chi connectivity index (χ3v) is 5.44. The molecule has 1 fully saturated rings. The first kappa shape index (κ1) is 20.3. The molecule has 2 aromatic rings. The number of hydrogen-bond donors (Lipinski definition) is 2. The molecule has 0 aromatic heterocycles. The van der Waals surface area contributed by atoms with Crippen molar-refractivity contribution in [1.29, 1.82) is 0 Å². The number of primary amides is 1. The Morgan fingerprint density at radius 3 is 2.82 bits per heavy atom. The normalized spacial score (nSPS) is 17.2. The molecule has 1 aliphatic rings. The maximum absolute atomic E-state index is 11.5. The van der Waals surface area contributed by atoms with Crippen LogP contribution in [0.4, 0.5) is 11.4 Å². The summed E-state index contributed by atoms with van der Waals surface area (Å²) in [7, 11) is 0. The third-order valence-electron chi connectivity index (χ3n) is 4.94. The predicted octanol–water partition coefficient (Wildman–Crippen LogP) is 3.67. The third kappa shape index (κ3) is 5.30. The Morgan fingerprint density at radius 2 is 2.07 bits per heavy atom. The van der Waals surface area contributed by atoms with Crippen LogP contribution < -0.4 is 11.1 Å². The van der Waals surface area contributed by atoms with Gasteiger partial charge in [-0.3, -0.25) is 19.8 Å². The number of halogens is 1. The van der Waals surface area contributed by atoms with Gasteiger partial charge in [0, 0.05) is 30.2 Å². The number of nitrogens with one attached hydrogen (secondary N) is 1. The molecule has 0 aliphatic carbocycles. The fourth-order valence-electron chi connectivity index (χ4n) is 3.53. The molecule has 0 spiro atoms. The van der Waals surface area contributed by atoms with Gasteiger partial charge in [0.05, 0.1) is 10.8 Å². The van der Waals surface area contributed by atoms with E-state index in [9.17, 15) is 14.9 Å². The summed E-state index contributed by atoms with van der Waals surface area (Å²) in [5, 5.41) is 14.4. The molecule has 0 bridgehead atoms. The van der Waals surface area contributed by atoms with Crippen molar-refractivity contribution in [2.45, 2.75) is 25.9 Å². The summed E-state index contributed by atoms with van der Waals surface area (Å²) in [6.07, 6.45) is 1.84. The second-order valence-electron chi connectivity index (χ2n) is 7.07. The molecule has 7 nitrogen and oxygen atoms in total. The summed E-state index contributed by atoms with van der Waals surface area (Å²) >= 11 is 3.35. The highest BCUT2D eigenvalue weighted by atomic mass is 79.9. The molecule has 28 heavy (non-hydrogen) atoms. The van der Waals surface area contributed by atoms with Crippen molar-refractivity contribution in [2.75, 3.05) is 18.4 Å². The van der Waals surface area contributed by atoms with Crippen LogP contribution in [0.15, 0.2) is 46.9 Å². The lowest BCUT2D eigenvalue weighted by atomic mass is 9.97. The van der Waals surface area contributed by atoms with E-state index in [4.69, 9.17) is 5.73 Å². The van der Waals surface area contributed by atoms with E-state index in [1.165, 1.54) is 6.07 Å². The lowest BCUT2D eigenvalue weighted by Crippen LogP contribution is -2.40. The number of nitrogens with zero attached hydrogens (tertiary/aromatic N) is 2. The number of nitrogens with two attached hydrogens (primary N) is 1. The number of rotatable bonds is 7. The van der Waals surface area contributed by atoms with Crippen molar-refractivity contribution in [3.8, 4) is 0 Å². The second-order valence-corrected chi connectivity index (χ2v) is 7.98. The molecule has 3 N–H and O–H groups in total. The van der Waals surface area contributed by atoms with Crippen molar-refractivity contribution in [3.63, 3.8) is 0 Å². The zero-order valence-corrected chi connectivity index (χ0v) is 17.0. The van der Waals surface area contributed by atoms with E-state index >= 15 is 0 Å². The maximum Gasteiger partial charge on any atom is 0.292 e. The van der Waals surface area contributed by atoms with Gasteiger partial charge in [-0.15, -0.1) is 0 Å². The van der Waals surface area contributed by atoms with E-state index < -0.39 is 4.92 Å². The van der Waals surface area contributed by atoms with Crippen molar-refractivity contribution in [1.82, 2.24) is 4.90 Å². The number of anilines is 1. The molecular weight excluding hydrogens is 424 g/mol. The molecule has 0 radical (unpaired) electrons. The zero-order valence-electron chi connectivity index (χ0n) is 15.4. The Kier molecular flexibility index (Phi) is 6.64. The average Bonchev–Trinajstić information content (AvgIpc) is 2.66. The van der Waals surface area contributed by atoms with Gasteiger partial charge < -0.3 is 11.1 Å². The molecule has 3 rings (SSSR count). The Bertz CT molecular complexity index is 874. The first-order valence-corrected chi connectivity index (χ1v) is 9.99. The van der Waals surface area contributed by atoms with E-state index in [2.05, 4.69) is 38.3 Å². The summed E-state index contributed by atoms with van der Waals surface area (Å²) in [6.45, 7) is 2.89. The SMILES string of the molecule is NC(=O)C1CCCN(Cc2cccc(CNc3cc(Br)ccc3[N+](=O)[O-])c2)C1. The molecule has 1 saturated heterocycles. The van der Waals surface area contributed by atoms with Gasteiger partial charge in [0.15, 0.2) is 0 Å². The minimum Gasteiger partial charge on any atom is -0.375 e. The first-order valence-electron chi connectivity index (χ1n) is 9.19. The number of carbonyl (C=O) groups is 1. The summed E-state index contributed by atoms with van der Waals surface area (Å²) in [5.41, 5.74) is 8.17. The van der Waals surface area contributed by atoms with Gasteiger partial charge in [0.2, 0.25) is 5.91 Å². The number of piperidine rings is 1. The van der Waals surface area contributed by atoms with Gasteiger partial charge in [-0.2, -0.15) is 0 Å². The molecule has 1 heterocycles. The Hall–Kier alpha value is -2.45. The number of hydrogen-bond acceptors (Lipinski definition) is 5. The van der Waals surface area contributed by atoms with Gasteiger partial charge in [0.1, 0.15) is 5.69 Å². The number of nitro benzene ring substituents is 1. The minimum absolute atomic E-state index is 0.0464. The van der Waals surface area contributed by atoms with Crippen molar-refractivity contribution in [2.24, 2.45) is 11.7 Å². The quantitative estimate of drug-likeness (QED) is 0.498. The summed E-state index contributed by atoms with van der Waals surface area (Å²) < 4.78 is 0.781. The Labute approximate surface area is 172 Å². The van der Waals surface area contributed by atoms with Gasteiger partial charge in [-0.1, -0.05) is 40.2 Å². The van der Waals surface area contributed by atoms with Crippen molar-refractivity contribution >= 4 is 33.2 Å². The molecule has 2 aromatic carbocycles. The van der Waals surface area contributed by atoms with Gasteiger partial charge in [-0.25, -0.2) is 0 Å². The fraction of sp³-hybridized carbons (Fsp3) is 0.350. The smallest absolute Gasteiger partial charge is 0.292 e. The van der Waals surface area contributed by atoms with E-state index in [1.54, 1.807) is 12.1 Å². The highest BCUT2D eigenvalue weighted by Gasteiger charge is 2.23. The molecule has 1 atom stereocenters. The largest absolute Gasteiger partial charge is 0.375 e. The lowest BCUT2D eigenvalue weighted by molar-refractivity contribution is -0.384. The van der Waals surface area contributed by atoms with Gasteiger partial charge in [0.25, 0.3) is 5.69 Å². The van der Waals surface area contributed by atoms with Crippen LogP contribution >= 0.6 is 15.9 Å². The summed E-state index contributed by atoms with van der Waals surface area (Å²) in [4.78, 5) is 24.5. The zero-order chi connectivity index (χ0) is 20.1. The topological polar surface area (TPSA) is 102 Å². The Morgan fingerprint density at radius 1 is 1.29 bits per heavy atom. The first-order chi connectivity index (χ1) is 13.4. The van der Waals surface area contributed by atoms with E-state index in [-0.39, 0.29) is 17.5 Å². The monoisotopic (exact) mass is 446 g/mol. The van der Waals surface area contributed by atoms with Crippen molar-refractivity contribution < 1.29 is 9.72 Å². The van der Waals surface area contributed by atoms with Crippen molar-refractivity contribution in [3.05, 3.63) is 68.2 Å². The van der Waals surface area contributed by atoms with Gasteiger partial charge in [-0.05, 0) is 42.6 Å². The fourth-order valence-corrected chi connectivity index (χ4v) is 3.89. The number of benzene rings is 2. The standard InChI is InChI=1S/C20H23BrN4O3/c21-17-6-7-19(25(27)28)18(10-17)23-11-14-3-1-4-15(9-14)12-24-8-2-5-16(13-24)20(22)26/h1,3-4,6-7,9-10,16,23H,2,5,8,11-13H2,(H2,22,26). The molecule has 1 aliphatic heterocycles. The number of nitro groups is 1. The maximum atomic E-state index is 11.5. The van der Waals surface area contributed by atoms with Crippen LogP contribution in [0.5, 0.6) is 0 Å².